The van der Waals surface area contributed by atoms with Crippen LogP contribution in [-0.4, -0.2) is 72.2 Å². The molecular formula is C27H33F6N5O5. The van der Waals surface area contributed by atoms with Gasteiger partial charge in [-0.15, -0.1) is 13.2 Å². The Labute approximate surface area is 243 Å². The molecule has 2 aromatic carbocycles. The minimum Gasteiger partial charge on any atom is -0.406 e. The predicted octanol–water partition coefficient (Wildman–Crippen LogP) is 1.79. The molecule has 2 amide bonds. The number of hydrogen-bond donors (Lipinski definition) is 5. The fraction of sp³-hybridized carbons (Fsp3) is 0.444. The van der Waals surface area contributed by atoms with Gasteiger partial charge in [0.2, 0.25) is 11.8 Å². The van der Waals surface area contributed by atoms with Crippen molar-refractivity contribution in [3.63, 3.8) is 0 Å². The molecule has 8 N–H and O–H groups in total. The molecule has 10 nitrogen and oxygen atoms in total. The van der Waals surface area contributed by atoms with Gasteiger partial charge in [0.1, 0.15) is 17.9 Å². The van der Waals surface area contributed by atoms with Gasteiger partial charge in [0.25, 0.3) is 0 Å². The molecule has 0 aliphatic rings. The van der Waals surface area contributed by atoms with Crippen molar-refractivity contribution in [1.29, 1.82) is 0 Å². The number of benzene rings is 2. The van der Waals surface area contributed by atoms with Crippen LogP contribution >= 0.6 is 0 Å². The van der Waals surface area contributed by atoms with Crippen molar-refractivity contribution in [1.82, 2.24) is 10.2 Å². The third-order valence-electron chi connectivity index (χ3n) is 6.23. The van der Waals surface area contributed by atoms with Crippen molar-refractivity contribution < 1.29 is 50.6 Å². The van der Waals surface area contributed by atoms with Crippen molar-refractivity contribution in [2.45, 2.75) is 50.0 Å². The third kappa shape index (κ3) is 11.5. The standard InChI is InChI=1S/C27H33F6N5O5/c28-26(29,30)18-5-3-17(4-6-18)24(41)23(21(39)15-16-1-7-19(8-2-16)43-27(31,32)33)37-25(42)20(36)9-10-22(40)38(13-11-34)14-12-35/h1-8,20,23-24,41H,9-15,34-36H2,(H,37,42)/t20-,23+,24+/m0/s1. The van der Waals surface area contributed by atoms with Gasteiger partial charge in [-0.3, -0.25) is 14.4 Å². The quantitative estimate of drug-likeness (QED) is 0.187. The number of amides is 2. The van der Waals surface area contributed by atoms with Gasteiger partial charge in [0, 0.05) is 39.0 Å². The average Bonchev–Trinajstić information content (AvgIpc) is 2.93. The molecular weight excluding hydrogens is 588 g/mol. The molecule has 0 saturated carbocycles. The molecule has 238 valence electrons. The normalized spacial score (nSPS) is 14.0. The number of nitrogens with one attached hydrogen (secondary N) is 1. The monoisotopic (exact) mass is 621 g/mol. The second-order valence-electron chi connectivity index (χ2n) is 9.49. The van der Waals surface area contributed by atoms with Crippen LogP contribution in [0.15, 0.2) is 48.5 Å². The number of carbonyl (C=O) groups excluding carboxylic acids is 3. The summed E-state index contributed by atoms with van der Waals surface area (Å²) in [5.74, 6) is -2.68. The number of hydrogen-bond acceptors (Lipinski definition) is 8. The van der Waals surface area contributed by atoms with Gasteiger partial charge >= 0.3 is 12.5 Å². The van der Waals surface area contributed by atoms with Gasteiger partial charge in [-0.2, -0.15) is 13.2 Å². The Morgan fingerprint density at radius 1 is 0.907 bits per heavy atom. The zero-order chi connectivity index (χ0) is 32.4. The highest BCUT2D eigenvalue weighted by Gasteiger charge is 2.34. The van der Waals surface area contributed by atoms with E-state index in [1.165, 1.54) is 4.90 Å². The minimum atomic E-state index is -4.94. The van der Waals surface area contributed by atoms with Crippen LogP contribution < -0.4 is 27.3 Å². The van der Waals surface area contributed by atoms with E-state index in [4.69, 9.17) is 17.2 Å². The average molecular weight is 622 g/mol. The van der Waals surface area contributed by atoms with Crippen LogP contribution in [0.25, 0.3) is 0 Å². The minimum absolute atomic E-state index is 0.136. The van der Waals surface area contributed by atoms with E-state index >= 15 is 0 Å². The summed E-state index contributed by atoms with van der Waals surface area (Å²) in [6, 6.07) is 4.45. The Morgan fingerprint density at radius 2 is 1.47 bits per heavy atom. The topological polar surface area (TPSA) is 174 Å². The summed E-state index contributed by atoms with van der Waals surface area (Å²) >= 11 is 0. The summed E-state index contributed by atoms with van der Waals surface area (Å²) in [7, 11) is 0. The highest BCUT2D eigenvalue weighted by molar-refractivity contribution is 5.92. The summed E-state index contributed by atoms with van der Waals surface area (Å²) in [5, 5.41) is 13.2. The number of aliphatic hydroxyl groups excluding tert-OH is 1. The fourth-order valence-corrected chi connectivity index (χ4v) is 4.02. The van der Waals surface area contributed by atoms with Crippen molar-refractivity contribution in [2.24, 2.45) is 17.2 Å². The maximum Gasteiger partial charge on any atom is 0.573 e. The van der Waals surface area contributed by atoms with E-state index in [1.807, 2.05) is 0 Å². The van der Waals surface area contributed by atoms with Crippen molar-refractivity contribution in [3.05, 3.63) is 65.2 Å². The van der Waals surface area contributed by atoms with Crippen LogP contribution in [-0.2, 0) is 27.0 Å². The fourth-order valence-electron chi connectivity index (χ4n) is 4.02. The molecule has 16 heteroatoms. The Kier molecular flexibility index (Phi) is 12.9. The van der Waals surface area contributed by atoms with E-state index in [1.54, 1.807) is 0 Å². The Morgan fingerprint density at radius 3 is 1.95 bits per heavy atom. The number of carbonyl (C=O) groups is 3. The molecule has 2 rings (SSSR count). The number of alkyl halides is 6. The summed E-state index contributed by atoms with van der Waals surface area (Å²) in [5.41, 5.74) is 16.0. The Bertz CT molecular complexity index is 1200. The summed E-state index contributed by atoms with van der Waals surface area (Å²) in [4.78, 5) is 40.0. The van der Waals surface area contributed by atoms with E-state index < -0.39 is 60.2 Å². The molecule has 2 aromatic rings. The van der Waals surface area contributed by atoms with E-state index in [9.17, 15) is 45.8 Å². The first-order valence-electron chi connectivity index (χ1n) is 13.0. The van der Waals surface area contributed by atoms with Gasteiger partial charge in [-0.1, -0.05) is 24.3 Å². The first-order chi connectivity index (χ1) is 20.1. The molecule has 0 aliphatic carbocycles. The highest BCUT2D eigenvalue weighted by Crippen LogP contribution is 2.31. The number of halogens is 6. The third-order valence-corrected chi connectivity index (χ3v) is 6.23. The SMILES string of the molecule is NCCN(CCN)C(=O)CC[C@H](N)C(=O)N[C@H](C(=O)Cc1ccc(OC(F)(F)F)cc1)[C@H](O)c1ccc(C(F)(F)F)cc1. The lowest BCUT2D eigenvalue weighted by Crippen LogP contribution is -2.51. The van der Waals surface area contributed by atoms with E-state index in [2.05, 4.69) is 10.1 Å². The van der Waals surface area contributed by atoms with Crippen LogP contribution in [0.1, 0.15) is 35.6 Å². The van der Waals surface area contributed by atoms with Crippen molar-refractivity contribution >= 4 is 17.6 Å². The van der Waals surface area contributed by atoms with Crippen LogP contribution in [0.5, 0.6) is 5.75 Å². The largest absolute Gasteiger partial charge is 0.573 e. The summed E-state index contributed by atoms with van der Waals surface area (Å²) in [6.45, 7) is 0.831. The lowest BCUT2D eigenvalue weighted by Gasteiger charge is -2.26. The zero-order valence-corrected chi connectivity index (χ0v) is 22.8. The number of nitrogens with zero attached hydrogens (tertiary/aromatic N) is 1. The van der Waals surface area contributed by atoms with Crippen molar-refractivity contribution in [2.75, 3.05) is 26.2 Å². The number of ether oxygens (including phenoxy) is 1. The molecule has 0 fully saturated rings. The van der Waals surface area contributed by atoms with Gasteiger partial charge in [-0.05, 0) is 41.8 Å². The second kappa shape index (κ2) is 15.7. The summed E-state index contributed by atoms with van der Waals surface area (Å²) < 4.78 is 80.1. The predicted molar refractivity (Wildman–Crippen MR) is 142 cm³/mol. The van der Waals surface area contributed by atoms with E-state index in [0.717, 1.165) is 36.4 Å². The Balaban J connectivity index is 2.22. The van der Waals surface area contributed by atoms with E-state index in [0.29, 0.717) is 12.1 Å². The van der Waals surface area contributed by atoms with E-state index in [-0.39, 0.29) is 56.1 Å². The number of Topliss-reactive ketones (excluding diaryl/α,β-unsaturated/α-hetero) is 1. The summed E-state index contributed by atoms with van der Waals surface area (Å²) in [6.07, 6.45) is -12.2. The number of nitrogens with two attached hydrogens (primary N) is 3. The van der Waals surface area contributed by atoms with Gasteiger partial charge in [0.15, 0.2) is 5.78 Å². The highest BCUT2D eigenvalue weighted by atomic mass is 19.4. The second-order valence-corrected chi connectivity index (χ2v) is 9.49. The van der Waals surface area contributed by atoms with Crippen molar-refractivity contribution in [3.8, 4) is 5.75 Å². The molecule has 0 heterocycles. The maximum atomic E-state index is 13.2. The molecule has 0 saturated heterocycles. The first-order valence-corrected chi connectivity index (χ1v) is 13.0. The molecule has 43 heavy (non-hydrogen) atoms. The number of ketones is 1. The lowest BCUT2D eigenvalue weighted by molar-refractivity contribution is -0.274. The Hall–Kier alpha value is -3.73. The van der Waals surface area contributed by atoms with Gasteiger partial charge < -0.3 is 37.3 Å². The van der Waals surface area contributed by atoms with Gasteiger partial charge in [-0.25, -0.2) is 0 Å². The molecule has 0 unspecified atom stereocenters. The lowest BCUT2D eigenvalue weighted by atomic mass is 9.94. The first kappa shape index (κ1) is 35.5. The zero-order valence-electron chi connectivity index (χ0n) is 22.8. The van der Waals surface area contributed by atoms with Crippen LogP contribution in [0.3, 0.4) is 0 Å². The van der Waals surface area contributed by atoms with Gasteiger partial charge in [0.05, 0.1) is 11.6 Å². The molecule has 0 bridgehead atoms. The molecule has 0 spiro atoms. The molecule has 3 atom stereocenters. The smallest absolute Gasteiger partial charge is 0.406 e. The maximum absolute atomic E-state index is 13.2. The van der Waals surface area contributed by atoms with Crippen LogP contribution in [0.2, 0.25) is 0 Å². The molecule has 0 aromatic heterocycles. The van der Waals surface area contributed by atoms with Crippen LogP contribution in [0, 0.1) is 0 Å². The number of aliphatic hydroxyl groups is 1. The number of rotatable bonds is 15. The molecule has 0 radical (unpaired) electrons. The molecule has 0 aliphatic heterocycles. The van der Waals surface area contributed by atoms with Crippen LogP contribution in [0.4, 0.5) is 26.3 Å².